The van der Waals surface area contributed by atoms with E-state index in [2.05, 4.69) is 4.74 Å². The van der Waals surface area contributed by atoms with Gasteiger partial charge in [-0.25, -0.2) is 0 Å². The van der Waals surface area contributed by atoms with Crippen molar-refractivity contribution in [1.29, 1.82) is 0 Å². The van der Waals surface area contributed by atoms with Crippen molar-refractivity contribution in [3.63, 3.8) is 0 Å². The van der Waals surface area contributed by atoms with Crippen LogP contribution in [0.3, 0.4) is 0 Å². The van der Waals surface area contributed by atoms with Gasteiger partial charge in [0, 0.05) is 0 Å². The molecule has 0 heterocycles. The molecule has 0 atom stereocenters. The molecule has 1 aliphatic rings. The smallest absolute Gasteiger partial charge is 0.293 e. The molecule has 1 fully saturated rings. The molecule has 0 bridgehead atoms. The molecular weight excluding hydrogens is 128 g/mol. The Kier molecular flexibility index (Phi) is 3.27. The van der Waals surface area contributed by atoms with Crippen molar-refractivity contribution in [2.24, 2.45) is 5.92 Å². The number of carbonyl (C=O) groups excluding carboxylic acids is 1. The highest BCUT2D eigenvalue weighted by atomic mass is 16.5. The quantitative estimate of drug-likeness (QED) is 0.417. The molecular formula is C8H14O2. The molecule has 0 aromatic rings. The molecule has 0 N–H and O–H groups in total. The van der Waals surface area contributed by atoms with Crippen molar-refractivity contribution in [3.8, 4) is 0 Å². The maximum atomic E-state index is 9.69. The molecule has 0 spiro atoms. The Hall–Kier alpha value is -0.530. The topological polar surface area (TPSA) is 26.3 Å². The van der Waals surface area contributed by atoms with Crippen molar-refractivity contribution in [1.82, 2.24) is 0 Å². The number of rotatable bonds is 6. The van der Waals surface area contributed by atoms with E-state index < -0.39 is 0 Å². The van der Waals surface area contributed by atoms with Gasteiger partial charge in [0.2, 0.25) is 0 Å². The fraction of sp³-hybridized carbons (Fsp3) is 0.875. The predicted molar refractivity (Wildman–Crippen MR) is 38.6 cm³/mol. The van der Waals surface area contributed by atoms with Gasteiger partial charge in [0.05, 0.1) is 6.61 Å². The minimum Gasteiger partial charge on any atom is -0.468 e. The Bertz CT molecular complexity index is 97.4. The van der Waals surface area contributed by atoms with Gasteiger partial charge in [-0.3, -0.25) is 4.79 Å². The van der Waals surface area contributed by atoms with Crippen molar-refractivity contribution >= 4 is 6.47 Å². The summed E-state index contributed by atoms with van der Waals surface area (Å²) in [6.45, 7) is 1.13. The third kappa shape index (κ3) is 3.49. The van der Waals surface area contributed by atoms with Gasteiger partial charge in [-0.05, 0) is 18.8 Å². The second-order valence-electron chi connectivity index (χ2n) is 2.91. The van der Waals surface area contributed by atoms with Crippen LogP contribution in [0.4, 0.5) is 0 Å². The molecule has 0 aromatic heterocycles. The first kappa shape index (κ1) is 7.58. The van der Waals surface area contributed by atoms with Gasteiger partial charge >= 0.3 is 0 Å². The maximum absolute atomic E-state index is 9.69. The molecule has 10 heavy (non-hydrogen) atoms. The highest BCUT2D eigenvalue weighted by molar-refractivity contribution is 5.36. The Morgan fingerprint density at radius 3 is 2.80 bits per heavy atom. The molecule has 58 valence electrons. The van der Waals surface area contributed by atoms with E-state index in [1.54, 1.807) is 0 Å². The van der Waals surface area contributed by atoms with Crippen LogP contribution in [-0.2, 0) is 9.53 Å². The van der Waals surface area contributed by atoms with Gasteiger partial charge in [0.1, 0.15) is 0 Å². The summed E-state index contributed by atoms with van der Waals surface area (Å²) < 4.78 is 4.56. The van der Waals surface area contributed by atoms with Gasteiger partial charge in [0.15, 0.2) is 0 Å². The largest absolute Gasteiger partial charge is 0.468 e. The molecule has 2 heteroatoms. The van der Waals surface area contributed by atoms with Gasteiger partial charge in [0.25, 0.3) is 6.47 Å². The van der Waals surface area contributed by atoms with Gasteiger partial charge in [-0.1, -0.05) is 19.3 Å². The number of unbranched alkanes of at least 4 members (excludes halogenated alkanes) is 1. The number of hydrogen-bond acceptors (Lipinski definition) is 2. The molecule has 1 aliphatic carbocycles. The SMILES string of the molecule is O=COCCCCC1CC1. The lowest BCUT2D eigenvalue weighted by atomic mass is 10.2. The van der Waals surface area contributed by atoms with E-state index >= 15 is 0 Å². The van der Waals surface area contributed by atoms with Crippen LogP contribution in [0.15, 0.2) is 0 Å². The Balaban J connectivity index is 1.72. The van der Waals surface area contributed by atoms with Crippen molar-refractivity contribution in [2.75, 3.05) is 6.61 Å². The number of ether oxygens (including phenoxy) is 1. The van der Waals surface area contributed by atoms with Crippen LogP contribution in [0.1, 0.15) is 32.1 Å². The maximum Gasteiger partial charge on any atom is 0.293 e. The standard InChI is InChI=1S/C8H14O2/c9-7-10-6-2-1-3-8-4-5-8/h7-8H,1-6H2. The highest BCUT2D eigenvalue weighted by Gasteiger charge is 2.19. The van der Waals surface area contributed by atoms with E-state index in [4.69, 9.17) is 0 Å². The van der Waals surface area contributed by atoms with Crippen LogP contribution in [0.5, 0.6) is 0 Å². The van der Waals surface area contributed by atoms with Crippen molar-refractivity contribution in [2.45, 2.75) is 32.1 Å². The second kappa shape index (κ2) is 4.31. The second-order valence-corrected chi connectivity index (χ2v) is 2.91. The normalized spacial score (nSPS) is 16.8. The lowest BCUT2D eigenvalue weighted by Gasteiger charge is -1.96. The third-order valence-electron chi connectivity index (χ3n) is 1.89. The lowest BCUT2D eigenvalue weighted by Crippen LogP contribution is -1.91. The van der Waals surface area contributed by atoms with Crippen LogP contribution in [0.25, 0.3) is 0 Å². The van der Waals surface area contributed by atoms with Crippen LogP contribution >= 0.6 is 0 Å². The monoisotopic (exact) mass is 142 g/mol. The van der Waals surface area contributed by atoms with Gasteiger partial charge in [-0.2, -0.15) is 0 Å². The summed E-state index contributed by atoms with van der Waals surface area (Å²) in [4.78, 5) is 9.69. The van der Waals surface area contributed by atoms with Crippen molar-refractivity contribution < 1.29 is 9.53 Å². The van der Waals surface area contributed by atoms with Crippen molar-refractivity contribution in [3.05, 3.63) is 0 Å². The molecule has 2 nitrogen and oxygen atoms in total. The Morgan fingerprint density at radius 2 is 2.20 bits per heavy atom. The minimum atomic E-state index is 0.525. The average molecular weight is 142 g/mol. The molecule has 0 radical (unpaired) electrons. The summed E-state index contributed by atoms with van der Waals surface area (Å²) in [7, 11) is 0. The van der Waals surface area contributed by atoms with Crippen LogP contribution in [0.2, 0.25) is 0 Å². The molecule has 0 unspecified atom stereocenters. The van der Waals surface area contributed by atoms with E-state index in [-0.39, 0.29) is 0 Å². The summed E-state index contributed by atoms with van der Waals surface area (Å²) in [5.74, 6) is 1.01. The first-order chi connectivity index (χ1) is 4.93. The first-order valence-electron chi connectivity index (χ1n) is 3.98. The molecule has 1 rings (SSSR count). The fourth-order valence-corrected chi connectivity index (χ4v) is 1.07. The molecule has 0 saturated heterocycles. The van der Waals surface area contributed by atoms with Crippen LogP contribution < -0.4 is 0 Å². The molecule has 0 amide bonds. The molecule has 0 aliphatic heterocycles. The van der Waals surface area contributed by atoms with E-state index in [0.717, 1.165) is 12.3 Å². The van der Waals surface area contributed by atoms with E-state index in [1.807, 2.05) is 0 Å². The zero-order valence-electron chi connectivity index (χ0n) is 6.21. The molecule has 1 saturated carbocycles. The van der Waals surface area contributed by atoms with Crippen LogP contribution in [-0.4, -0.2) is 13.1 Å². The molecule has 0 aromatic carbocycles. The predicted octanol–water partition coefficient (Wildman–Crippen LogP) is 1.74. The summed E-state index contributed by atoms with van der Waals surface area (Å²) in [5, 5.41) is 0. The summed E-state index contributed by atoms with van der Waals surface area (Å²) in [5.41, 5.74) is 0. The van der Waals surface area contributed by atoms with E-state index in [9.17, 15) is 4.79 Å². The zero-order valence-corrected chi connectivity index (χ0v) is 6.21. The minimum absolute atomic E-state index is 0.525. The van der Waals surface area contributed by atoms with E-state index in [1.165, 1.54) is 25.7 Å². The fourth-order valence-electron chi connectivity index (χ4n) is 1.07. The Morgan fingerprint density at radius 1 is 1.40 bits per heavy atom. The summed E-state index contributed by atoms with van der Waals surface area (Å²) >= 11 is 0. The van der Waals surface area contributed by atoms with Crippen LogP contribution in [0, 0.1) is 5.92 Å². The first-order valence-corrected chi connectivity index (χ1v) is 3.98. The third-order valence-corrected chi connectivity index (χ3v) is 1.89. The van der Waals surface area contributed by atoms with E-state index in [0.29, 0.717) is 13.1 Å². The average Bonchev–Trinajstić information content (AvgIpc) is 2.71. The Labute approximate surface area is 61.6 Å². The zero-order chi connectivity index (χ0) is 7.23. The summed E-state index contributed by atoms with van der Waals surface area (Å²) in [6, 6.07) is 0. The number of carbonyl (C=O) groups is 1. The number of hydrogen-bond donors (Lipinski definition) is 0. The lowest BCUT2D eigenvalue weighted by molar-refractivity contribution is -0.128. The summed E-state index contributed by atoms with van der Waals surface area (Å²) in [6.07, 6.45) is 6.44. The van der Waals surface area contributed by atoms with Gasteiger partial charge < -0.3 is 4.74 Å². The highest BCUT2D eigenvalue weighted by Crippen LogP contribution is 2.33. The van der Waals surface area contributed by atoms with Gasteiger partial charge in [-0.15, -0.1) is 0 Å².